The van der Waals surface area contributed by atoms with E-state index in [1.54, 1.807) is 4.90 Å². The van der Waals surface area contributed by atoms with E-state index < -0.39 is 0 Å². The summed E-state index contributed by atoms with van der Waals surface area (Å²) in [6, 6.07) is 0.624. The predicted molar refractivity (Wildman–Crippen MR) is 66.6 cm³/mol. The summed E-state index contributed by atoms with van der Waals surface area (Å²) >= 11 is 0. The summed E-state index contributed by atoms with van der Waals surface area (Å²) in [5, 5.41) is 5.81. The lowest BCUT2D eigenvalue weighted by Gasteiger charge is -2.16. The summed E-state index contributed by atoms with van der Waals surface area (Å²) in [7, 11) is 1.84. The number of nitrogens with one attached hydrogen (secondary N) is 2. The van der Waals surface area contributed by atoms with E-state index in [4.69, 9.17) is 0 Å². The third kappa shape index (κ3) is 5.68. The van der Waals surface area contributed by atoms with Crippen LogP contribution in [0.25, 0.3) is 0 Å². The lowest BCUT2D eigenvalue weighted by molar-refractivity contribution is -0.129. The fraction of sp³-hybridized carbons (Fsp3) is 0.833. The number of likely N-dealkylation sites (N-methyl/N-ethyl adjacent to an activating group) is 1. The Kier molecular flexibility index (Phi) is 5.41. The highest BCUT2D eigenvalue weighted by Crippen LogP contribution is 2.24. The molecule has 1 rings (SSSR count). The maximum Gasteiger partial charge on any atom is 0.236 e. The van der Waals surface area contributed by atoms with E-state index in [0.717, 1.165) is 12.8 Å². The van der Waals surface area contributed by atoms with Gasteiger partial charge in [0.2, 0.25) is 11.8 Å². The molecule has 5 nitrogen and oxygen atoms in total. The molecule has 17 heavy (non-hydrogen) atoms. The number of carbonyl (C=O) groups is 2. The molecule has 2 N–H and O–H groups in total. The van der Waals surface area contributed by atoms with Crippen LogP contribution in [0.3, 0.4) is 0 Å². The second-order valence-electron chi connectivity index (χ2n) is 4.88. The van der Waals surface area contributed by atoms with Crippen LogP contribution in [0.2, 0.25) is 0 Å². The zero-order valence-electron chi connectivity index (χ0n) is 11.0. The molecule has 0 unspecified atom stereocenters. The summed E-state index contributed by atoms with van der Waals surface area (Å²) in [5.41, 5.74) is 0. The molecule has 0 radical (unpaired) electrons. The summed E-state index contributed by atoms with van der Waals surface area (Å²) < 4.78 is 0. The zero-order chi connectivity index (χ0) is 12.8. The lowest BCUT2D eigenvalue weighted by atomic mass is 10.3. The molecule has 0 atom stereocenters. The van der Waals surface area contributed by atoms with E-state index in [1.165, 1.54) is 0 Å². The van der Waals surface area contributed by atoms with Gasteiger partial charge in [-0.25, -0.2) is 0 Å². The molecule has 0 saturated heterocycles. The van der Waals surface area contributed by atoms with Crippen molar-refractivity contribution in [2.75, 3.05) is 20.1 Å². The van der Waals surface area contributed by atoms with E-state index in [-0.39, 0.29) is 17.9 Å². The smallest absolute Gasteiger partial charge is 0.236 e. The summed E-state index contributed by atoms with van der Waals surface area (Å²) in [6.45, 7) is 4.73. The standard InChI is InChI=1S/C12H23N3O2/c1-9(2)14-11(16)6-7-13-8-12(17)15(3)10-4-5-10/h9-10,13H,4-8H2,1-3H3,(H,14,16). The Morgan fingerprint density at radius 1 is 1.35 bits per heavy atom. The van der Waals surface area contributed by atoms with E-state index in [9.17, 15) is 9.59 Å². The molecule has 98 valence electrons. The van der Waals surface area contributed by atoms with Crippen molar-refractivity contribution in [1.82, 2.24) is 15.5 Å². The number of amides is 2. The Labute approximate surface area is 103 Å². The molecule has 0 aromatic rings. The van der Waals surface area contributed by atoms with Gasteiger partial charge in [0.15, 0.2) is 0 Å². The average Bonchev–Trinajstić information content (AvgIpc) is 3.05. The third-order valence-corrected chi connectivity index (χ3v) is 2.74. The van der Waals surface area contributed by atoms with Crippen LogP contribution in [0.5, 0.6) is 0 Å². The largest absolute Gasteiger partial charge is 0.354 e. The Hall–Kier alpha value is -1.10. The number of carbonyl (C=O) groups excluding carboxylic acids is 2. The highest BCUT2D eigenvalue weighted by molar-refractivity contribution is 5.79. The first-order valence-corrected chi connectivity index (χ1v) is 6.26. The monoisotopic (exact) mass is 241 g/mol. The van der Waals surface area contributed by atoms with Crippen LogP contribution in [0.15, 0.2) is 0 Å². The molecule has 0 spiro atoms. The van der Waals surface area contributed by atoms with E-state index in [0.29, 0.717) is 25.6 Å². The number of rotatable bonds is 7. The van der Waals surface area contributed by atoms with Crippen molar-refractivity contribution >= 4 is 11.8 Å². The van der Waals surface area contributed by atoms with Gasteiger partial charge in [0, 0.05) is 32.1 Å². The molecule has 5 heteroatoms. The fourth-order valence-corrected chi connectivity index (χ4v) is 1.58. The van der Waals surface area contributed by atoms with Gasteiger partial charge in [-0.05, 0) is 26.7 Å². The quantitative estimate of drug-likeness (QED) is 0.622. The van der Waals surface area contributed by atoms with Crippen molar-refractivity contribution in [1.29, 1.82) is 0 Å². The number of hydrogen-bond donors (Lipinski definition) is 2. The van der Waals surface area contributed by atoms with E-state index in [2.05, 4.69) is 10.6 Å². The second-order valence-corrected chi connectivity index (χ2v) is 4.88. The highest BCUT2D eigenvalue weighted by atomic mass is 16.2. The second kappa shape index (κ2) is 6.59. The minimum Gasteiger partial charge on any atom is -0.354 e. The van der Waals surface area contributed by atoms with Crippen LogP contribution >= 0.6 is 0 Å². The Morgan fingerprint density at radius 2 is 2.00 bits per heavy atom. The molecule has 0 bridgehead atoms. The molecule has 0 heterocycles. The highest BCUT2D eigenvalue weighted by Gasteiger charge is 2.28. The minimum absolute atomic E-state index is 0.0236. The molecule has 1 fully saturated rings. The van der Waals surface area contributed by atoms with Crippen LogP contribution < -0.4 is 10.6 Å². The molecule has 1 aliphatic rings. The zero-order valence-corrected chi connectivity index (χ0v) is 11.0. The van der Waals surface area contributed by atoms with Crippen LogP contribution in [-0.4, -0.2) is 48.9 Å². The van der Waals surface area contributed by atoms with Gasteiger partial charge in [0.1, 0.15) is 0 Å². The van der Waals surface area contributed by atoms with Gasteiger partial charge < -0.3 is 15.5 Å². The van der Waals surface area contributed by atoms with Crippen LogP contribution in [0, 0.1) is 0 Å². The maximum absolute atomic E-state index is 11.6. The normalized spacial score (nSPS) is 14.8. The lowest BCUT2D eigenvalue weighted by Crippen LogP contribution is -2.38. The summed E-state index contributed by atoms with van der Waals surface area (Å²) in [6.07, 6.45) is 2.66. The van der Waals surface area contributed by atoms with Gasteiger partial charge in [-0.2, -0.15) is 0 Å². The summed E-state index contributed by atoms with van der Waals surface area (Å²) in [5.74, 6) is 0.132. The van der Waals surface area contributed by atoms with E-state index >= 15 is 0 Å². The van der Waals surface area contributed by atoms with Crippen molar-refractivity contribution < 1.29 is 9.59 Å². The van der Waals surface area contributed by atoms with Crippen molar-refractivity contribution in [3.8, 4) is 0 Å². The Balaban J connectivity index is 2.03. The number of nitrogens with zero attached hydrogens (tertiary/aromatic N) is 1. The van der Waals surface area contributed by atoms with E-state index in [1.807, 2.05) is 20.9 Å². The van der Waals surface area contributed by atoms with Gasteiger partial charge in [0.05, 0.1) is 6.54 Å². The van der Waals surface area contributed by atoms with Crippen LogP contribution in [0.4, 0.5) is 0 Å². The molecule has 1 saturated carbocycles. The van der Waals surface area contributed by atoms with Crippen LogP contribution in [-0.2, 0) is 9.59 Å². The van der Waals surface area contributed by atoms with Gasteiger partial charge in [0.25, 0.3) is 0 Å². The molecule has 0 aliphatic heterocycles. The first kappa shape index (κ1) is 14.0. The maximum atomic E-state index is 11.6. The first-order chi connectivity index (χ1) is 8.00. The molecular formula is C12H23N3O2. The molecule has 1 aliphatic carbocycles. The fourth-order valence-electron chi connectivity index (χ4n) is 1.58. The van der Waals surface area contributed by atoms with Gasteiger partial charge in [-0.1, -0.05) is 0 Å². The van der Waals surface area contributed by atoms with Crippen molar-refractivity contribution in [2.24, 2.45) is 0 Å². The Morgan fingerprint density at radius 3 is 2.53 bits per heavy atom. The number of hydrogen-bond acceptors (Lipinski definition) is 3. The molecule has 0 aromatic carbocycles. The topological polar surface area (TPSA) is 61.4 Å². The summed E-state index contributed by atoms with van der Waals surface area (Å²) in [4.78, 5) is 24.7. The minimum atomic E-state index is 0.0236. The van der Waals surface area contributed by atoms with Crippen molar-refractivity contribution in [3.05, 3.63) is 0 Å². The van der Waals surface area contributed by atoms with Crippen molar-refractivity contribution in [2.45, 2.75) is 45.2 Å². The van der Waals surface area contributed by atoms with Gasteiger partial charge in [-0.15, -0.1) is 0 Å². The molecule has 0 aromatic heterocycles. The average molecular weight is 241 g/mol. The Bertz CT molecular complexity index is 275. The van der Waals surface area contributed by atoms with Gasteiger partial charge >= 0.3 is 0 Å². The predicted octanol–water partition coefficient (Wildman–Crippen LogP) is 0.112. The molecular weight excluding hydrogens is 218 g/mol. The van der Waals surface area contributed by atoms with Crippen molar-refractivity contribution in [3.63, 3.8) is 0 Å². The van der Waals surface area contributed by atoms with Crippen LogP contribution in [0.1, 0.15) is 33.1 Å². The first-order valence-electron chi connectivity index (χ1n) is 6.26. The molecule has 2 amide bonds. The third-order valence-electron chi connectivity index (χ3n) is 2.74. The SMILES string of the molecule is CC(C)NC(=O)CCNCC(=O)N(C)C1CC1. The van der Waals surface area contributed by atoms with Gasteiger partial charge in [-0.3, -0.25) is 9.59 Å².